The highest BCUT2D eigenvalue weighted by atomic mass is 16.5. The Morgan fingerprint density at radius 2 is 2.30 bits per heavy atom. The molecule has 2 fully saturated rings. The van der Waals surface area contributed by atoms with Crippen LogP contribution in [0.5, 0.6) is 5.75 Å². The highest BCUT2D eigenvalue weighted by Crippen LogP contribution is 2.47. The number of hydrogen-bond donors (Lipinski definition) is 0. The van der Waals surface area contributed by atoms with Crippen LogP contribution in [0, 0.1) is 11.3 Å². The van der Waals surface area contributed by atoms with Gasteiger partial charge in [-0.15, -0.1) is 0 Å². The van der Waals surface area contributed by atoms with E-state index >= 15 is 0 Å². The van der Waals surface area contributed by atoms with Gasteiger partial charge in [0.05, 0.1) is 17.8 Å². The molecule has 3 heteroatoms. The van der Waals surface area contributed by atoms with E-state index in [2.05, 4.69) is 12.6 Å². The van der Waals surface area contributed by atoms with Crippen molar-refractivity contribution in [2.45, 2.75) is 44.3 Å². The lowest BCUT2D eigenvalue weighted by Crippen LogP contribution is -2.34. The quantitative estimate of drug-likeness (QED) is 0.840. The van der Waals surface area contributed by atoms with Gasteiger partial charge in [0, 0.05) is 12.8 Å². The van der Waals surface area contributed by atoms with Crippen molar-refractivity contribution in [3.8, 4) is 11.8 Å². The molecule has 1 spiro atoms. The van der Waals surface area contributed by atoms with Crippen molar-refractivity contribution in [2.24, 2.45) is 0 Å². The maximum Gasteiger partial charge on any atom is 0.137 e. The first-order chi connectivity index (χ1) is 9.62. The molecule has 1 aliphatic carbocycles. The van der Waals surface area contributed by atoms with Crippen LogP contribution in [0.15, 0.2) is 24.8 Å². The first-order valence-corrected chi connectivity index (χ1v) is 7.12. The molecule has 3 rings (SSSR count). The largest absolute Gasteiger partial charge is 0.489 e. The topological polar surface area (TPSA) is 42.2 Å². The van der Waals surface area contributed by atoms with Crippen molar-refractivity contribution < 1.29 is 9.47 Å². The molecule has 1 unspecified atom stereocenters. The molecule has 0 radical (unpaired) electrons. The van der Waals surface area contributed by atoms with Crippen LogP contribution in [0.2, 0.25) is 0 Å². The molecular weight excluding hydrogens is 250 g/mol. The Labute approximate surface area is 119 Å². The molecule has 1 aliphatic heterocycles. The predicted octanol–water partition coefficient (Wildman–Crippen LogP) is 3.68. The smallest absolute Gasteiger partial charge is 0.137 e. The normalized spacial score (nSPS) is 23.1. The Bertz CT molecular complexity index is 581. The molecule has 104 valence electrons. The van der Waals surface area contributed by atoms with E-state index in [1.807, 2.05) is 25.1 Å². The number of hydrogen-bond acceptors (Lipinski definition) is 3. The van der Waals surface area contributed by atoms with Crippen molar-refractivity contribution in [1.82, 2.24) is 0 Å². The van der Waals surface area contributed by atoms with E-state index in [0.717, 1.165) is 43.4 Å². The van der Waals surface area contributed by atoms with Gasteiger partial charge in [0.25, 0.3) is 0 Å². The van der Waals surface area contributed by atoms with Gasteiger partial charge < -0.3 is 9.47 Å². The minimum absolute atomic E-state index is 0.0906. The summed E-state index contributed by atoms with van der Waals surface area (Å²) in [5.41, 5.74) is 2.62. The molecule has 3 nitrogen and oxygen atoms in total. The lowest BCUT2D eigenvalue weighted by Gasteiger charge is -2.30. The molecule has 0 bridgehead atoms. The molecule has 1 saturated heterocycles. The summed E-state index contributed by atoms with van der Waals surface area (Å²) in [5.74, 6) is 0.681. The van der Waals surface area contributed by atoms with E-state index in [4.69, 9.17) is 9.47 Å². The Hall–Kier alpha value is -1.79. The molecule has 0 aromatic heterocycles. The van der Waals surface area contributed by atoms with Gasteiger partial charge in [-0.1, -0.05) is 18.2 Å². The second-order valence-electron chi connectivity index (χ2n) is 5.87. The van der Waals surface area contributed by atoms with Gasteiger partial charge in [-0.05, 0) is 37.5 Å². The van der Waals surface area contributed by atoms with E-state index in [9.17, 15) is 5.26 Å². The zero-order valence-electron chi connectivity index (χ0n) is 11.8. The summed E-state index contributed by atoms with van der Waals surface area (Å²) in [6.45, 7) is 6.60. The monoisotopic (exact) mass is 269 g/mol. The van der Waals surface area contributed by atoms with Gasteiger partial charge in [-0.2, -0.15) is 5.26 Å². The Morgan fingerprint density at radius 3 is 2.95 bits per heavy atom. The average Bonchev–Trinajstić information content (AvgIpc) is 3.18. The fraction of sp³-hybridized carbons (Fsp3) is 0.471. The molecule has 20 heavy (non-hydrogen) atoms. The van der Waals surface area contributed by atoms with Gasteiger partial charge in [0.1, 0.15) is 17.9 Å². The standard InChI is InChI=1S/C17H19NO2/c1-12(2)13-3-4-16(14(9-13)11-18)20-15-5-8-19-17(10-15)6-7-17/h3-4,9,15H,1,5-8,10H2,2H3. The van der Waals surface area contributed by atoms with Gasteiger partial charge in [-0.25, -0.2) is 0 Å². The fourth-order valence-corrected chi connectivity index (χ4v) is 2.74. The highest BCUT2D eigenvalue weighted by Gasteiger charge is 2.48. The van der Waals surface area contributed by atoms with Crippen molar-refractivity contribution in [2.75, 3.05) is 6.61 Å². The molecule has 0 N–H and O–H groups in total. The number of nitrogens with zero attached hydrogens (tertiary/aromatic N) is 1. The van der Waals surface area contributed by atoms with Crippen LogP contribution in [-0.4, -0.2) is 18.3 Å². The molecule has 0 amide bonds. The summed E-state index contributed by atoms with van der Waals surface area (Å²) in [6, 6.07) is 7.92. The molecule has 1 atom stereocenters. The lowest BCUT2D eigenvalue weighted by molar-refractivity contribution is -0.0513. The summed E-state index contributed by atoms with van der Waals surface area (Å²) >= 11 is 0. The van der Waals surface area contributed by atoms with E-state index in [1.165, 1.54) is 0 Å². The van der Waals surface area contributed by atoms with E-state index < -0.39 is 0 Å². The predicted molar refractivity (Wildman–Crippen MR) is 77.4 cm³/mol. The number of benzene rings is 1. The number of ether oxygens (including phenoxy) is 2. The first kappa shape index (κ1) is 13.2. The Morgan fingerprint density at radius 1 is 1.50 bits per heavy atom. The molecule has 2 aliphatic rings. The Kier molecular flexibility index (Phi) is 3.27. The van der Waals surface area contributed by atoms with Crippen LogP contribution >= 0.6 is 0 Å². The van der Waals surface area contributed by atoms with E-state index in [-0.39, 0.29) is 11.7 Å². The third-order valence-electron chi connectivity index (χ3n) is 4.14. The lowest BCUT2D eigenvalue weighted by atomic mass is 10.0. The van der Waals surface area contributed by atoms with Crippen LogP contribution < -0.4 is 4.74 Å². The van der Waals surface area contributed by atoms with E-state index in [1.54, 1.807) is 0 Å². The number of nitriles is 1. The van der Waals surface area contributed by atoms with Crippen molar-refractivity contribution in [1.29, 1.82) is 5.26 Å². The van der Waals surface area contributed by atoms with Crippen LogP contribution in [0.25, 0.3) is 5.57 Å². The summed E-state index contributed by atoms with van der Waals surface area (Å²) in [5, 5.41) is 9.28. The minimum atomic E-state index is 0.0906. The van der Waals surface area contributed by atoms with Gasteiger partial charge in [0.15, 0.2) is 0 Å². The van der Waals surface area contributed by atoms with Crippen molar-refractivity contribution >= 4 is 5.57 Å². The third kappa shape index (κ3) is 2.57. The van der Waals surface area contributed by atoms with Crippen molar-refractivity contribution in [3.05, 3.63) is 35.9 Å². The van der Waals surface area contributed by atoms with Gasteiger partial charge in [0.2, 0.25) is 0 Å². The molecule has 1 heterocycles. The summed E-state index contributed by atoms with van der Waals surface area (Å²) < 4.78 is 11.9. The zero-order valence-corrected chi connectivity index (χ0v) is 11.8. The summed E-state index contributed by atoms with van der Waals surface area (Å²) in [4.78, 5) is 0. The maximum atomic E-state index is 9.28. The number of allylic oxidation sites excluding steroid dienone is 1. The highest BCUT2D eigenvalue weighted by molar-refractivity contribution is 5.64. The maximum absolute atomic E-state index is 9.28. The molecular formula is C17H19NO2. The van der Waals surface area contributed by atoms with Crippen LogP contribution in [0.4, 0.5) is 0 Å². The fourth-order valence-electron chi connectivity index (χ4n) is 2.74. The SMILES string of the molecule is C=C(C)c1ccc(OC2CCOC3(CC3)C2)c(C#N)c1. The second kappa shape index (κ2) is 4.96. The second-order valence-corrected chi connectivity index (χ2v) is 5.87. The van der Waals surface area contributed by atoms with Gasteiger partial charge in [-0.3, -0.25) is 0 Å². The van der Waals surface area contributed by atoms with Crippen LogP contribution in [0.3, 0.4) is 0 Å². The van der Waals surface area contributed by atoms with Gasteiger partial charge >= 0.3 is 0 Å². The number of rotatable bonds is 3. The molecule has 1 saturated carbocycles. The summed E-state index contributed by atoms with van der Waals surface area (Å²) in [7, 11) is 0. The zero-order chi connectivity index (χ0) is 14.2. The molecule has 1 aromatic rings. The average molecular weight is 269 g/mol. The van der Waals surface area contributed by atoms with Crippen LogP contribution in [-0.2, 0) is 4.74 Å². The Balaban J connectivity index is 1.76. The minimum Gasteiger partial charge on any atom is -0.489 e. The summed E-state index contributed by atoms with van der Waals surface area (Å²) in [6.07, 6.45) is 4.29. The molecule has 1 aromatic carbocycles. The third-order valence-corrected chi connectivity index (χ3v) is 4.14. The van der Waals surface area contributed by atoms with E-state index in [0.29, 0.717) is 11.3 Å². The van der Waals surface area contributed by atoms with Crippen molar-refractivity contribution in [3.63, 3.8) is 0 Å². The first-order valence-electron chi connectivity index (χ1n) is 7.12. The van der Waals surface area contributed by atoms with Crippen LogP contribution in [0.1, 0.15) is 43.7 Å².